The number of hydrogen-bond acceptors (Lipinski definition) is 2. The third-order valence-electron chi connectivity index (χ3n) is 1.95. The van der Waals surface area contributed by atoms with E-state index < -0.39 is 5.82 Å². The second-order valence-electron chi connectivity index (χ2n) is 3.30. The summed E-state index contributed by atoms with van der Waals surface area (Å²) in [7, 11) is 0. The highest BCUT2D eigenvalue weighted by atomic mass is 35.5. The summed E-state index contributed by atoms with van der Waals surface area (Å²) in [5.74, 6) is -0.940. The molecule has 0 unspecified atom stereocenters. The van der Waals surface area contributed by atoms with Crippen molar-refractivity contribution in [2.24, 2.45) is 0 Å². The van der Waals surface area contributed by atoms with Crippen LogP contribution >= 0.6 is 23.2 Å². The maximum atomic E-state index is 12.5. The molecule has 0 fully saturated rings. The van der Waals surface area contributed by atoms with Crippen LogP contribution in [0, 0.1) is 11.6 Å². The first-order valence-electron chi connectivity index (χ1n) is 4.82. The molecule has 0 aliphatic rings. The Kier molecular flexibility index (Phi) is 5.19. The second kappa shape index (κ2) is 6.42. The fraction of sp³-hybridized carbons (Fsp3) is 0. The van der Waals surface area contributed by atoms with Crippen molar-refractivity contribution in [3.63, 3.8) is 0 Å². The Morgan fingerprint density at radius 3 is 1.94 bits per heavy atom. The summed E-state index contributed by atoms with van der Waals surface area (Å²) < 4.78 is 24.7. The molecule has 0 spiro atoms. The number of benzene rings is 2. The van der Waals surface area contributed by atoms with E-state index in [0.717, 1.165) is 6.07 Å². The van der Waals surface area contributed by atoms with Gasteiger partial charge < -0.3 is 11.5 Å². The Labute approximate surface area is 113 Å². The minimum Gasteiger partial charge on any atom is -0.396 e. The molecule has 0 amide bonds. The monoisotopic (exact) mass is 290 g/mol. The molecule has 2 nitrogen and oxygen atoms in total. The molecular weight excluding hydrogens is 281 g/mol. The third-order valence-corrected chi connectivity index (χ3v) is 2.48. The van der Waals surface area contributed by atoms with Crippen molar-refractivity contribution in [2.75, 3.05) is 11.5 Å². The largest absolute Gasteiger partial charge is 0.396 e. The molecule has 2 rings (SSSR count). The standard InChI is InChI=1S/C6H4Cl2FN.C6H6FN/c7-3-1-4(8)6(10)5(9)2-3;7-5-3-1-2-4-6(5)8/h1-2H,10H2;1-4H,8H2. The van der Waals surface area contributed by atoms with Crippen LogP contribution in [-0.4, -0.2) is 0 Å². The summed E-state index contributed by atoms with van der Waals surface area (Å²) in [5, 5.41) is 0.390. The lowest BCUT2D eigenvalue weighted by Gasteiger charge is -1.98. The van der Waals surface area contributed by atoms with Gasteiger partial charge in [0.1, 0.15) is 11.6 Å². The van der Waals surface area contributed by atoms with Gasteiger partial charge in [-0.1, -0.05) is 35.3 Å². The van der Waals surface area contributed by atoms with Gasteiger partial charge in [-0.3, -0.25) is 0 Å². The number of nitrogens with two attached hydrogens (primary N) is 2. The normalized spacial score (nSPS) is 9.56. The van der Waals surface area contributed by atoms with E-state index in [2.05, 4.69) is 0 Å². The van der Waals surface area contributed by atoms with Crippen molar-refractivity contribution in [3.05, 3.63) is 58.1 Å². The van der Waals surface area contributed by atoms with Gasteiger partial charge >= 0.3 is 0 Å². The molecule has 0 saturated carbocycles. The number of rotatable bonds is 0. The van der Waals surface area contributed by atoms with Gasteiger partial charge in [0.25, 0.3) is 0 Å². The summed E-state index contributed by atoms with van der Waals surface area (Å²) in [4.78, 5) is 0. The Hall–Kier alpha value is -1.52. The fourth-order valence-electron chi connectivity index (χ4n) is 1.03. The van der Waals surface area contributed by atoms with Gasteiger partial charge in [-0.15, -0.1) is 0 Å². The highest BCUT2D eigenvalue weighted by molar-refractivity contribution is 6.36. The maximum Gasteiger partial charge on any atom is 0.149 e. The van der Waals surface area contributed by atoms with Gasteiger partial charge in [-0.2, -0.15) is 0 Å². The summed E-state index contributed by atoms with van der Waals surface area (Å²) in [6.07, 6.45) is 0. The first kappa shape index (κ1) is 14.5. The molecule has 0 bridgehead atoms. The molecule has 96 valence electrons. The Balaban J connectivity index is 0.000000184. The van der Waals surface area contributed by atoms with Crippen LogP contribution in [-0.2, 0) is 0 Å². The Bertz CT molecular complexity index is 503. The van der Waals surface area contributed by atoms with E-state index >= 15 is 0 Å². The summed E-state index contributed by atoms with van der Waals surface area (Å²) in [5.41, 5.74) is 10.5. The van der Waals surface area contributed by atoms with Crippen LogP contribution in [0.25, 0.3) is 0 Å². The van der Waals surface area contributed by atoms with Crippen LogP contribution in [0.15, 0.2) is 36.4 Å². The first-order chi connectivity index (χ1) is 8.41. The lowest BCUT2D eigenvalue weighted by Crippen LogP contribution is -1.90. The van der Waals surface area contributed by atoms with Crippen molar-refractivity contribution in [1.29, 1.82) is 0 Å². The lowest BCUT2D eigenvalue weighted by molar-refractivity contribution is 0.632. The van der Waals surface area contributed by atoms with Crippen molar-refractivity contribution in [2.45, 2.75) is 0 Å². The quantitative estimate of drug-likeness (QED) is 0.717. The molecule has 0 atom stereocenters. The van der Waals surface area contributed by atoms with E-state index in [1.165, 1.54) is 18.2 Å². The van der Waals surface area contributed by atoms with Crippen molar-refractivity contribution >= 4 is 34.6 Å². The van der Waals surface area contributed by atoms with Crippen LogP contribution in [0.5, 0.6) is 0 Å². The minimum atomic E-state index is -0.586. The minimum absolute atomic E-state index is 0.0638. The SMILES string of the molecule is Nc1c(F)cc(Cl)cc1Cl.Nc1ccccc1F. The summed E-state index contributed by atoms with van der Waals surface area (Å²) in [6.45, 7) is 0. The molecule has 18 heavy (non-hydrogen) atoms. The number of nitrogen functional groups attached to an aromatic ring is 2. The molecule has 2 aromatic rings. The van der Waals surface area contributed by atoms with Crippen molar-refractivity contribution < 1.29 is 8.78 Å². The fourth-order valence-corrected chi connectivity index (χ4v) is 1.50. The van der Waals surface area contributed by atoms with E-state index in [4.69, 9.17) is 34.7 Å². The van der Waals surface area contributed by atoms with E-state index in [9.17, 15) is 8.78 Å². The van der Waals surface area contributed by atoms with Gasteiger partial charge in [0, 0.05) is 5.02 Å². The predicted octanol–water partition coefficient (Wildman–Crippen LogP) is 4.12. The zero-order valence-electron chi connectivity index (χ0n) is 9.13. The van der Waals surface area contributed by atoms with Crippen LogP contribution in [0.3, 0.4) is 0 Å². The zero-order valence-corrected chi connectivity index (χ0v) is 10.6. The van der Waals surface area contributed by atoms with E-state index in [-0.39, 0.29) is 27.2 Å². The zero-order chi connectivity index (χ0) is 13.7. The molecule has 6 heteroatoms. The van der Waals surface area contributed by atoms with Gasteiger partial charge in [0.05, 0.1) is 16.4 Å². The van der Waals surface area contributed by atoms with Crippen LogP contribution in [0.2, 0.25) is 10.0 Å². The molecule has 0 aliphatic heterocycles. The average Bonchev–Trinajstić information content (AvgIpc) is 2.31. The smallest absolute Gasteiger partial charge is 0.149 e. The highest BCUT2D eigenvalue weighted by Gasteiger charge is 2.03. The van der Waals surface area contributed by atoms with Gasteiger partial charge in [-0.05, 0) is 24.3 Å². The maximum absolute atomic E-state index is 12.5. The lowest BCUT2D eigenvalue weighted by atomic mass is 10.3. The molecule has 0 saturated heterocycles. The number of halogens is 4. The Morgan fingerprint density at radius 1 is 0.889 bits per heavy atom. The Morgan fingerprint density at radius 2 is 1.50 bits per heavy atom. The van der Waals surface area contributed by atoms with Gasteiger partial charge in [-0.25, -0.2) is 8.78 Å². The molecule has 0 aliphatic carbocycles. The average molecular weight is 291 g/mol. The topological polar surface area (TPSA) is 52.0 Å². The number of hydrogen-bond donors (Lipinski definition) is 2. The molecule has 2 aromatic carbocycles. The summed E-state index contributed by atoms with van der Waals surface area (Å²) in [6, 6.07) is 8.65. The number of anilines is 2. The van der Waals surface area contributed by atoms with Crippen LogP contribution < -0.4 is 11.5 Å². The van der Waals surface area contributed by atoms with E-state index in [1.807, 2.05) is 0 Å². The molecule has 0 radical (unpaired) electrons. The highest BCUT2D eigenvalue weighted by Crippen LogP contribution is 2.25. The van der Waals surface area contributed by atoms with E-state index in [1.54, 1.807) is 12.1 Å². The molecule has 0 heterocycles. The van der Waals surface area contributed by atoms with Crippen LogP contribution in [0.1, 0.15) is 0 Å². The first-order valence-corrected chi connectivity index (χ1v) is 5.57. The predicted molar refractivity (Wildman–Crippen MR) is 71.6 cm³/mol. The third kappa shape index (κ3) is 4.05. The molecule has 4 N–H and O–H groups in total. The van der Waals surface area contributed by atoms with Crippen molar-refractivity contribution in [3.8, 4) is 0 Å². The molecule has 0 aromatic heterocycles. The number of para-hydroxylation sites is 1. The molecular formula is C12H10Cl2F2N2. The second-order valence-corrected chi connectivity index (χ2v) is 4.15. The van der Waals surface area contributed by atoms with E-state index in [0.29, 0.717) is 0 Å². The van der Waals surface area contributed by atoms with Gasteiger partial charge in [0.15, 0.2) is 0 Å². The summed E-state index contributed by atoms with van der Waals surface area (Å²) >= 11 is 10.9. The van der Waals surface area contributed by atoms with Gasteiger partial charge in [0.2, 0.25) is 0 Å². The van der Waals surface area contributed by atoms with Crippen LogP contribution in [0.4, 0.5) is 20.2 Å². The van der Waals surface area contributed by atoms with Crippen molar-refractivity contribution in [1.82, 2.24) is 0 Å².